The number of aryl methyl sites for hydroxylation is 2. The van der Waals surface area contributed by atoms with Gasteiger partial charge in [-0.25, -0.2) is 0 Å². The van der Waals surface area contributed by atoms with Crippen LogP contribution in [-0.4, -0.2) is 11.5 Å². The molecule has 0 aliphatic carbocycles. The number of nitrogens with zero attached hydrogens (tertiary/aromatic N) is 1. The lowest BCUT2D eigenvalue weighted by Crippen LogP contribution is -2.23. The minimum Gasteiger partial charge on any atom is -0.310 e. The molecule has 2 nitrogen and oxygen atoms in total. The smallest absolute Gasteiger partial charge is 0.0701 e. The van der Waals surface area contributed by atoms with Crippen LogP contribution >= 0.6 is 27.3 Å². The van der Waals surface area contributed by atoms with Gasteiger partial charge < -0.3 is 5.32 Å². The minimum atomic E-state index is 0.337. The van der Waals surface area contributed by atoms with Crippen LogP contribution in [0.25, 0.3) is 0 Å². The third-order valence-electron chi connectivity index (χ3n) is 3.13. The molecular weight excluding hydrogens is 320 g/mol. The van der Waals surface area contributed by atoms with Gasteiger partial charge in [-0.1, -0.05) is 13.0 Å². The zero-order valence-corrected chi connectivity index (χ0v) is 13.9. The number of likely N-dealkylation sites (N-methyl/N-ethyl adjacent to an activating group) is 1. The van der Waals surface area contributed by atoms with E-state index in [2.05, 4.69) is 64.3 Å². The Morgan fingerprint density at radius 3 is 2.63 bits per heavy atom. The van der Waals surface area contributed by atoms with Gasteiger partial charge in [-0.15, -0.1) is 11.3 Å². The van der Waals surface area contributed by atoms with E-state index in [1.54, 1.807) is 11.3 Å². The van der Waals surface area contributed by atoms with Crippen molar-refractivity contribution in [3.8, 4) is 0 Å². The third kappa shape index (κ3) is 3.88. The number of hydrogen-bond acceptors (Lipinski definition) is 3. The first kappa shape index (κ1) is 14.7. The fourth-order valence-electron chi connectivity index (χ4n) is 2.27. The third-order valence-corrected chi connectivity index (χ3v) is 4.77. The second-order valence-electron chi connectivity index (χ2n) is 4.65. The summed E-state index contributed by atoms with van der Waals surface area (Å²) in [5, 5.41) is 3.57. The van der Waals surface area contributed by atoms with Gasteiger partial charge in [0.15, 0.2) is 0 Å². The first-order valence-corrected chi connectivity index (χ1v) is 8.13. The quantitative estimate of drug-likeness (QED) is 0.872. The molecule has 0 aliphatic rings. The van der Waals surface area contributed by atoms with Crippen LogP contribution in [0, 0.1) is 13.8 Å². The summed E-state index contributed by atoms with van der Waals surface area (Å²) in [5.41, 5.74) is 3.51. The summed E-state index contributed by atoms with van der Waals surface area (Å²) in [4.78, 5) is 5.96. The molecule has 0 fully saturated rings. The van der Waals surface area contributed by atoms with Crippen molar-refractivity contribution >= 4 is 27.3 Å². The molecule has 0 aliphatic heterocycles. The van der Waals surface area contributed by atoms with Crippen LogP contribution in [0.4, 0.5) is 0 Å². The van der Waals surface area contributed by atoms with Crippen LogP contribution in [-0.2, 0) is 6.42 Å². The topological polar surface area (TPSA) is 24.9 Å². The second-order valence-corrected chi connectivity index (χ2v) is 7.20. The molecule has 1 N–H and O–H groups in total. The van der Waals surface area contributed by atoms with Gasteiger partial charge in [0.1, 0.15) is 0 Å². The van der Waals surface area contributed by atoms with Crippen molar-refractivity contribution in [3.05, 3.63) is 49.9 Å². The van der Waals surface area contributed by atoms with Crippen molar-refractivity contribution < 1.29 is 0 Å². The van der Waals surface area contributed by atoms with Crippen LogP contribution in [0.3, 0.4) is 0 Å². The van der Waals surface area contributed by atoms with E-state index in [1.165, 1.54) is 14.2 Å². The number of thiophene rings is 1. The number of halogens is 1. The Balaban J connectivity index is 2.23. The van der Waals surface area contributed by atoms with Gasteiger partial charge in [-0.05, 0) is 60.1 Å². The van der Waals surface area contributed by atoms with Gasteiger partial charge in [0.05, 0.1) is 3.79 Å². The highest BCUT2D eigenvalue weighted by atomic mass is 79.9. The summed E-state index contributed by atoms with van der Waals surface area (Å²) in [5.74, 6) is 0. The summed E-state index contributed by atoms with van der Waals surface area (Å²) in [6.07, 6.45) is 1.01. The van der Waals surface area contributed by atoms with Crippen LogP contribution in [0.5, 0.6) is 0 Å². The highest BCUT2D eigenvalue weighted by Crippen LogP contribution is 2.27. The maximum Gasteiger partial charge on any atom is 0.0701 e. The standard InChI is InChI=1S/C15H19BrN2S/c1-4-17-14(9-12-6-8-15(16)19-12)13-7-5-10(2)18-11(13)3/h5-8,14,17H,4,9H2,1-3H3. The van der Waals surface area contributed by atoms with E-state index in [9.17, 15) is 0 Å². The number of aromatic nitrogens is 1. The number of hydrogen-bond donors (Lipinski definition) is 1. The molecule has 0 amide bonds. The average Bonchev–Trinajstić information content (AvgIpc) is 2.74. The summed E-state index contributed by atoms with van der Waals surface area (Å²) >= 11 is 5.33. The van der Waals surface area contributed by atoms with Crippen LogP contribution < -0.4 is 5.32 Å². The Morgan fingerprint density at radius 1 is 1.26 bits per heavy atom. The van der Waals surface area contributed by atoms with E-state index < -0.39 is 0 Å². The fourth-order valence-corrected chi connectivity index (χ4v) is 3.80. The van der Waals surface area contributed by atoms with Gasteiger partial charge in [0.25, 0.3) is 0 Å². The van der Waals surface area contributed by atoms with Crippen LogP contribution in [0.1, 0.15) is 34.8 Å². The Bertz CT molecular complexity index is 551. The van der Waals surface area contributed by atoms with Gasteiger partial charge >= 0.3 is 0 Å². The van der Waals surface area contributed by atoms with Crippen molar-refractivity contribution in [2.75, 3.05) is 6.54 Å². The van der Waals surface area contributed by atoms with E-state index in [-0.39, 0.29) is 0 Å². The van der Waals surface area contributed by atoms with E-state index >= 15 is 0 Å². The van der Waals surface area contributed by atoms with Gasteiger partial charge in [-0.3, -0.25) is 4.98 Å². The molecule has 102 valence electrons. The summed E-state index contributed by atoms with van der Waals surface area (Å²) in [6, 6.07) is 8.94. The molecular formula is C15H19BrN2S. The molecule has 0 saturated carbocycles. The minimum absolute atomic E-state index is 0.337. The number of rotatable bonds is 5. The van der Waals surface area contributed by atoms with E-state index in [4.69, 9.17) is 0 Å². The van der Waals surface area contributed by atoms with Crippen molar-refractivity contribution in [1.29, 1.82) is 0 Å². The van der Waals surface area contributed by atoms with E-state index in [0.717, 1.165) is 24.4 Å². The lowest BCUT2D eigenvalue weighted by atomic mass is 10.0. The number of pyridine rings is 1. The van der Waals surface area contributed by atoms with Gasteiger partial charge in [0, 0.05) is 28.7 Å². The highest BCUT2D eigenvalue weighted by Gasteiger charge is 2.15. The van der Waals surface area contributed by atoms with Gasteiger partial charge in [0.2, 0.25) is 0 Å². The lowest BCUT2D eigenvalue weighted by Gasteiger charge is -2.19. The lowest BCUT2D eigenvalue weighted by molar-refractivity contribution is 0.548. The van der Waals surface area contributed by atoms with Crippen LogP contribution in [0.2, 0.25) is 0 Å². The summed E-state index contributed by atoms with van der Waals surface area (Å²) in [6.45, 7) is 7.24. The molecule has 19 heavy (non-hydrogen) atoms. The molecule has 2 heterocycles. The normalized spacial score (nSPS) is 12.6. The Hall–Kier alpha value is -0.710. The molecule has 2 rings (SSSR count). The van der Waals surface area contributed by atoms with E-state index in [0.29, 0.717) is 6.04 Å². The highest BCUT2D eigenvalue weighted by molar-refractivity contribution is 9.11. The SMILES string of the molecule is CCNC(Cc1ccc(Br)s1)c1ccc(C)nc1C. The largest absolute Gasteiger partial charge is 0.310 e. The molecule has 1 atom stereocenters. The zero-order valence-electron chi connectivity index (χ0n) is 11.5. The summed E-state index contributed by atoms with van der Waals surface area (Å²) in [7, 11) is 0. The van der Waals surface area contributed by atoms with E-state index in [1.807, 2.05) is 6.92 Å². The number of nitrogens with one attached hydrogen (secondary N) is 1. The molecule has 0 bridgehead atoms. The van der Waals surface area contributed by atoms with Crippen LogP contribution in [0.15, 0.2) is 28.1 Å². The maximum absolute atomic E-state index is 4.58. The molecule has 0 radical (unpaired) electrons. The molecule has 4 heteroatoms. The van der Waals surface area contributed by atoms with Crippen molar-refractivity contribution in [1.82, 2.24) is 10.3 Å². The first-order chi connectivity index (χ1) is 9.10. The predicted octanol–water partition coefficient (Wildman–Crippen LogP) is 4.42. The Labute approximate surface area is 127 Å². The molecule has 0 spiro atoms. The Morgan fingerprint density at radius 2 is 2.05 bits per heavy atom. The van der Waals surface area contributed by atoms with Crippen molar-refractivity contribution in [2.24, 2.45) is 0 Å². The fraction of sp³-hybridized carbons (Fsp3) is 0.400. The molecule has 2 aromatic rings. The zero-order chi connectivity index (χ0) is 13.8. The predicted molar refractivity (Wildman–Crippen MR) is 85.9 cm³/mol. The maximum atomic E-state index is 4.58. The molecule has 0 aromatic carbocycles. The first-order valence-electron chi connectivity index (χ1n) is 6.52. The van der Waals surface area contributed by atoms with Gasteiger partial charge in [-0.2, -0.15) is 0 Å². The molecule has 1 unspecified atom stereocenters. The molecule has 2 aromatic heterocycles. The summed E-state index contributed by atoms with van der Waals surface area (Å²) < 4.78 is 1.19. The monoisotopic (exact) mass is 338 g/mol. The van der Waals surface area contributed by atoms with Crippen molar-refractivity contribution in [3.63, 3.8) is 0 Å². The molecule has 0 saturated heterocycles. The average molecular weight is 339 g/mol. The second kappa shape index (κ2) is 6.64. The Kier molecular flexibility index (Phi) is 5.13. The van der Waals surface area contributed by atoms with Crippen molar-refractivity contribution in [2.45, 2.75) is 33.2 Å².